The quantitative estimate of drug-likeness (QED) is 0.306. The van der Waals surface area contributed by atoms with Crippen LogP contribution >= 0.6 is 0 Å². The minimum absolute atomic E-state index is 0.0292. The molecule has 0 saturated heterocycles. The number of benzene rings is 2. The summed E-state index contributed by atoms with van der Waals surface area (Å²) in [6, 6.07) is 11.1. The summed E-state index contributed by atoms with van der Waals surface area (Å²) in [6.45, 7) is 2.74. The Morgan fingerprint density at radius 2 is 1.71 bits per heavy atom. The number of ketones is 3. The Morgan fingerprint density at radius 3 is 2.32 bits per heavy atom. The molecule has 194 valence electrons. The molecule has 9 nitrogen and oxygen atoms in total. The van der Waals surface area contributed by atoms with Crippen LogP contribution in [0.2, 0.25) is 0 Å². The van der Waals surface area contributed by atoms with E-state index in [9.17, 15) is 39.6 Å². The van der Waals surface area contributed by atoms with Gasteiger partial charge < -0.3 is 26.2 Å². The summed E-state index contributed by atoms with van der Waals surface area (Å²) in [5.41, 5.74) is 4.25. The lowest BCUT2D eigenvalue weighted by atomic mass is 9.52. The molecule has 3 aliphatic carbocycles. The van der Waals surface area contributed by atoms with Gasteiger partial charge in [-0.3, -0.25) is 19.2 Å². The highest BCUT2D eigenvalue weighted by atomic mass is 16.3. The minimum Gasteiger partial charge on any atom is -0.510 e. The number of carbonyl (C=O) groups is 4. The Labute approximate surface area is 217 Å². The van der Waals surface area contributed by atoms with Gasteiger partial charge in [-0.2, -0.15) is 0 Å². The van der Waals surface area contributed by atoms with Crippen molar-refractivity contribution in [2.75, 3.05) is 0 Å². The third-order valence-corrected chi connectivity index (χ3v) is 8.00. The molecule has 38 heavy (non-hydrogen) atoms. The summed E-state index contributed by atoms with van der Waals surface area (Å²) in [5.74, 6) is -6.89. The maximum Gasteiger partial charge on any atom is 0.255 e. The maximum absolute atomic E-state index is 14.1. The maximum atomic E-state index is 14.1. The van der Waals surface area contributed by atoms with Gasteiger partial charge in [0.25, 0.3) is 5.91 Å². The second-order valence-corrected chi connectivity index (χ2v) is 10.1. The van der Waals surface area contributed by atoms with Crippen LogP contribution in [0.3, 0.4) is 0 Å². The first kappa shape index (κ1) is 25.2. The number of allylic oxidation sites excluding steroid dienone is 1. The van der Waals surface area contributed by atoms with Crippen LogP contribution in [-0.2, 0) is 14.4 Å². The normalized spacial score (nSPS) is 27.7. The fourth-order valence-corrected chi connectivity index (χ4v) is 5.98. The highest BCUT2D eigenvalue weighted by Crippen LogP contribution is 2.58. The van der Waals surface area contributed by atoms with Crippen LogP contribution in [-0.4, -0.2) is 49.8 Å². The first-order chi connectivity index (χ1) is 17.9. The van der Waals surface area contributed by atoms with Gasteiger partial charge in [0.15, 0.2) is 17.3 Å². The molecule has 1 saturated carbocycles. The zero-order valence-corrected chi connectivity index (χ0v) is 20.6. The van der Waals surface area contributed by atoms with E-state index >= 15 is 0 Å². The molecule has 6 N–H and O–H groups in total. The topological polar surface area (TPSA) is 175 Å². The zero-order valence-electron chi connectivity index (χ0n) is 20.6. The molecule has 3 unspecified atom stereocenters. The smallest absolute Gasteiger partial charge is 0.255 e. The largest absolute Gasteiger partial charge is 0.510 e. The molecule has 0 bridgehead atoms. The van der Waals surface area contributed by atoms with Crippen LogP contribution < -0.4 is 5.73 Å². The molecule has 0 aromatic heterocycles. The first-order valence-electron chi connectivity index (χ1n) is 12.0. The molecule has 0 spiro atoms. The summed E-state index contributed by atoms with van der Waals surface area (Å²) in [5, 5.41) is 44.6. The van der Waals surface area contributed by atoms with Crippen molar-refractivity contribution in [2.24, 2.45) is 23.0 Å². The zero-order chi connectivity index (χ0) is 27.7. The van der Waals surface area contributed by atoms with Crippen LogP contribution in [0.4, 0.5) is 0 Å². The fourth-order valence-electron chi connectivity index (χ4n) is 5.98. The van der Waals surface area contributed by atoms with Gasteiger partial charge in [0.1, 0.15) is 22.8 Å². The molecule has 0 aliphatic heterocycles. The number of carbonyl (C=O) groups excluding carboxylic acids is 4. The number of rotatable bonds is 3. The third-order valence-electron chi connectivity index (χ3n) is 8.00. The highest BCUT2D eigenvalue weighted by molar-refractivity contribution is 6.23. The Kier molecular flexibility index (Phi) is 5.65. The average molecular weight is 516 g/mol. The highest BCUT2D eigenvalue weighted by Gasteiger charge is 2.62. The van der Waals surface area contributed by atoms with Crippen molar-refractivity contribution in [1.29, 1.82) is 0 Å². The van der Waals surface area contributed by atoms with E-state index in [4.69, 9.17) is 5.73 Å². The number of primary amides is 1. The Balaban J connectivity index is 1.78. The number of amides is 1. The molecule has 3 aliphatic rings. The molecule has 0 heterocycles. The van der Waals surface area contributed by atoms with E-state index < -0.39 is 64.3 Å². The number of Topliss-reactive ketones (excluding diaryl/α,β-unsaturated/α-hetero) is 3. The van der Waals surface area contributed by atoms with Crippen molar-refractivity contribution in [3.63, 3.8) is 0 Å². The lowest BCUT2D eigenvalue weighted by molar-refractivity contribution is -0.140. The average Bonchev–Trinajstić information content (AvgIpc) is 2.86. The molecule has 1 amide bonds. The third kappa shape index (κ3) is 3.35. The number of phenolic OH excluding ortho intramolecular Hbond substituents is 1. The summed E-state index contributed by atoms with van der Waals surface area (Å²) in [6.07, 6.45) is -0.203. The van der Waals surface area contributed by atoms with Crippen molar-refractivity contribution < 1.29 is 39.6 Å². The fraction of sp³-hybridized carbons (Fsp3) is 0.241. The molecular weight excluding hydrogens is 490 g/mol. The van der Waals surface area contributed by atoms with Crippen molar-refractivity contribution in [3.8, 4) is 5.75 Å². The number of fused-ring (bicyclic) bond motifs is 3. The molecule has 2 aromatic carbocycles. The van der Waals surface area contributed by atoms with E-state index in [0.29, 0.717) is 22.3 Å². The van der Waals surface area contributed by atoms with Crippen LogP contribution in [0, 0.1) is 17.3 Å². The molecule has 0 radical (unpaired) electrons. The summed E-state index contributed by atoms with van der Waals surface area (Å²) >= 11 is 0. The molecule has 1 fully saturated rings. The summed E-state index contributed by atoms with van der Waals surface area (Å²) < 4.78 is 0. The van der Waals surface area contributed by atoms with Gasteiger partial charge in [0.2, 0.25) is 0 Å². The number of aromatic hydroxyl groups is 1. The number of nitrogens with two attached hydrogens (primary N) is 1. The van der Waals surface area contributed by atoms with E-state index in [0.717, 1.165) is 0 Å². The molecule has 4 atom stereocenters. The van der Waals surface area contributed by atoms with E-state index in [-0.39, 0.29) is 22.7 Å². The standard InChI is InChI=1S/C29H25NO8/c1-12(31)14-8-6-13(7-9-14)10-16-15-4-3-5-18(32)20(15)25(35)23-21(16)24(34)17-11-19(33)22(28(30)38)26(36)29(17,2)27(23)37/h3-10,17,21,24,32,34-36H,11H2,1-2H3,(H2,30,38)/b16-10+/t17?,21?,24?,29-/m1/s1. The van der Waals surface area contributed by atoms with Crippen LogP contribution in [0.1, 0.15) is 47.3 Å². The summed E-state index contributed by atoms with van der Waals surface area (Å²) in [4.78, 5) is 50.5. The lowest BCUT2D eigenvalue weighted by Crippen LogP contribution is -2.57. The van der Waals surface area contributed by atoms with E-state index in [1.54, 1.807) is 42.5 Å². The van der Waals surface area contributed by atoms with E-state index in [1.807, 2.05) is 0 Å². The van der Waals surface area contributed by atoms with Crippen molar-refractivity contribution >= 4 is 40.7 Å². The first-order valence-corrected chi connectivity index (χ1v) is 12.0. The molecule has 5 rings (SSSR count). The van der Waals surface area contributed by atoms with Crippen LogP contribution in [0.25, 0.3) is 17.4 Å². The van der Waals surface area contributed by atoms with Gasteiger partial charge in [-0.25, -0.2) is 0 Å². The van der Waals surface area contributed by atoms with Crippen molar-refractivity contribution in [2.45, 2.75) is 26.4 Å². The molecule has 9 heteroatoms. The van der Waals surface area contributed by atoms with Gasteiger partial charge in [0.05, 0.1) is 17.1 Å². The molecule has 2 aromatic rings. The van der Waals surface area contributed by atoms with Crippen LogP contribution in [0.15, 0.2) is 59.4 Å². The monoisotopic (exact) mass is 515 g/mol. The minimum atomic E-state index is -1.92. The van der Waals surface area contributed by atoms with Gasteiger partial charge >= 0.3 is 0 Å². The van der Waals surface area contributed by atoms with Gasteiger partial charge in [-0.05, 0) is 36.6 Å². The second-order valence-electron chi connectivity index (χ2n) is 10.1. The van der Waals surface area contributed by atoms with Gasteiger partial charge in [-0.15, -0.1) is 0 Å². The Bertz CT molecular complexity index is 1540. The predicted octanol–water partition coefficient (Wildman–Crippen LogP) is 2.87. The number of aliphatic hydroxyl groups excluding tert-OH is 3. The van der Waals surface area contributed by atoms with Crippen molar-refractivity contribution in [1.82, 2.24) is 0 Å². The Morgan fingerprint density at radius 1 is 1.05 bits per heavy atom. The van der Waals surface area contributed by atoms with Gasteiger partial charge in [0, 0.05) is 29.4 Å². The van der Waals surface area contributed by atoms with Crippen LogP contribution in [0.5, 0.6) is 5.75 Å². The number of hydrogen-bond acceptors (Lipinski definition) is 8. The van der Waals surface area contributed by atoms with E-state index in [1.165, 1.54) is 19.9 Å². The molecular formula is C29H25NO8. The Hall–Kier alpha value is -4.50. The SMILES string of the molecule is CC(=O)c1ccc(/C=C2\c3cccc(O)c3C(O)=C3C(=O)[C@@]4(C)C(O)=C(C(N)=O)C(=O)CC4C(O)C32)cc1. The number of hydrogen-bond donors (Lipinski definition) is 5. The van der Waals surface area contributed by atoms with Crippen molar-refractivity contribution in [3.05, 3.63) is 81.6 Å². The lowest BCUT2D eigenvalue weighted by Gasteiger charge is -2.50. The van der Waals surface area contributed by atoms with Gasteiger partial charge in [-0.1, -0.05) is 42.5 Å². The second kappa shape index (κ2) is 8.53. The predicted molar refractivity (Wildman–Crippen MR) is 137 cm³/mol. The van der Waals surface area contributed by atoms with E-state index in [2.05, 4.69) is 0 Å². The summed E-state index contributed by atoms with van der Waals surface area (Å²) in [7, 11) is 0. The number of phenols is 1. The number of aliphatic hydroxyl groups is 3.